The Morgan fingerprint density at radius 2 is 2.26 bits per heavy atom. The third-order valence-corrected chi connectivity index (χ3v) is 8.97. The van der Waals surface area contributed by atoms with Crippen LogP contribution < -0.4 is 0 Å². The van der Waals surface area contributed by atoms with Gasteiger partial charge in [-0.1, -0.05) is 0 Å². The van der Waals surface area contributed by atoms with Crippen LogP contribution in [0.25, 0.3) is 0 Å². The van der Waals surface area contributed by atoms with E-state index < -0.39 is 10.0 Å². The van der Waals surface area contributed by atoms with Gasteiger partial charge < -0.3 is 9.64 Å². The molecule has 0 aromatic carbocycles. The van der Waals surface area contributed by atoms with Crippen LogP contribution >= 0.6 is 11.3 Å². The van der Waals surface area contributed by atoms with Crippen LogP contribution in [0.1, 0.15) is 18.4 Å². The molecule has 3 saturated heterocycles. The van der Waals surface area contributed by atoms with Crippen LogP contribution in [0.3, 0.4) is 0 Å². The normalized spacial score (nSPS) is 37.0. The minimum absolute atomic E-state index is 0.231. The summed E-state index contributed by atoms with van der Waals surface area (Å²) in [5, 5.41) is 1.90. The average Bonchev–Trinajstić information content (AvgIpc) is 3.19. The van der Waals surface area contributed by atoms with E-state index in [1.165, 1.54) is 11.3 Å². The molecular weight excluding hydrogens is 332 g/mol. The van der Waals surface area contributed by atoms with Crippen molar-refractivity contribution in [1.82, 2.24) is 9.21 Å². The maximum atomic E-state index is 12.9. The van der Waals surface area contributed by atoms with Crippen LogP contribution in [0.4, 0.5) is 0 Å². The zero-order valence-electron chi connectivity index (χ0n) is 13.9. The fraction of sp³-hybridized carbons (Fsp3) is 0.750. The van der Waals surface area contributed by atoms with Crippen LogP contribution in [-0.2, 0) is 14.8 Å². The van der Waals surface area contributed by atoms with Crippen LogP contribution in [0.2, 0.25) is 0 Å². The molecule has 3 aliphatic rings. The number of nitrogens with zero attached hydrogens (tertiary/aromatic N) is 2. The molecule has 4 rings (SSSR count). The minimum atomic E-state index is -3.38. The molecule has 0 N–H and O–H groups in total. The third-order valence-electron chi connectivity index (χ3n) is 5.63. The first kappa shape index (κ1) is 16.0. The molecule has 1 aromatic heterocycles. The third kappa shape index (κ3) is 2.40. The summed E-state index contributed by atoms with van der Waals surface area (Å²) in [6.45, 7) is 4.04. The molecule has 0 amide bonds. The predicted octanol–water partition coefficient (Wildman–Crippen LogP) is 1.79. The van der Waals surface area contributed by atoms with Crippen molar-refractivity contribution in [3.05, 3.63) is 17.0 Å². The standard InChI is InChI=1S/C16H24N2O3S2/c1-11-6-15(22-9-11)23(19,20)18-8-13-12(7-17(2)3)14-4-5-16(13,10-18)21-14/h6,9,12-14H,4-5,7-8,10H2,1-3H3/t12-,13+,14+,16+/m0/s1. The molecule has 128 valence electrons. The number of hydrogen-bond acceptors (Lipinski definition) is 5. The number of ether oxygens (including phenoxy) is 1. The Morgan fingerprint density at radius 3 is 2.91 bits per heavy atom. The van der Waals surface area contributed by atoms with E-state index in [0.717, 1.165) is 24.9 Å². The molecule has 3 aliphatic heterocycles. The van der Waals surface area contributed by atoms with Crippen molar-refractivity contribution in [2.75, 3.05) is 33.7 Å². The van der Waals surface area contributed by atoms with Crippen molar-refractivity contribution < 1.29 is 13.2 Å². The van der Waals surface area contributed by atoms with Gasteiger partial charge in [-0.05, 0) is 50.9 Å². The van der Waals surface area contributed by atoms with Crippen molar-refractivity contribution in [3.63, 3.8) is 0 Å². The molecule has 23 heavy (non-hydrogen) atoms. The van der Waals surface area contributed by atoms with Gasteiger partial charge in [-0.3, -0.25) is 0 Å². The van der Waals surface area contributed by atoms with Crippen molar-refractivity contribution in [3.8, 4) is 0 Å². The van der Waals surface area contributed by atoms with E-state index in [4.69, 9.17) is 4.74 Å². The number of fused-ring (bicyclic) bond motifs is 1. The highest BCUT2D eigenvalue weighted by atomic mass is 32.2. The lowest BCUT2D eigenvalue weighted by Crippen LogP contribution is -2.40. The highest BCUT2D eigenvalue weighted by Crippen LogP contribution is 2.55. The predicted molar refractivity (Wildman–Crippen MR) is 90.2 cm³/mol. The molecule has 0 aliphatic carbocycles. The first-order valence-electron chi connectivity index (χ1n) is 8.20. The van der Waals surface area contributed by atoms with Gasteiger partial charge in [-0.15, -0.1) is 11.3 Å². The van der Waals surface area contributed by atoms with Crippen LogP contribution in [0.5, 0.6) is 0 Å². The Bertz CT molecular complexity index is 715. The first-order chi connectivity index (χ1) is 10.8. The Balaban J connectivity index is 1.61. The summed E-state index contributed by atoms with van der Waals surface area (Å²) in [5.74, 6) is 0.781. The molecule has 1 aromatic rings. The summed E-state index contributed by atoms with van der Waals surface area (Å²) in [6.07, 6.45) is 2.39. The maximum Gasteiger partial charge on any atom is 0.252 e. The zero-order chi connectivity index (χ0) is 16.4. The van der Waals surface area contributed by atoms with E-state index in [0.29, 0.717) is 35.2 Å². The molecule has 1 spiro atoms. The van der Waals surface area contributed by atoms with E-state index in [1.54, 1.807) is 10.4 Å². The lowest BCUT2D eigenvalue weighted by atomic mass is 9.73. The lowest BCUT2D eigenvalue weighted by Gasteiger charge is -2.31. The first-order valence-corrected chi connectivity index (χ1v) is 10.5. The fourth-order valence-corrected chi connectivity index (χ4v) is 7.57. The summed E-state index contributed by atoms with van der Waals surface area (Å²) < 4.78 is 34.4. The second kappa shape index (κ2) is 5.26. The number of aryl methyl sites for hydroxylation is 1. The highest BCUT2D eigenvalue weighted by molar-refractivity contribution is 7.91. The van der Waals surface area contributed by atoms with E-state index in [1.807, 2.05) is 12.3 Å². The Labute approximate surface area is 142 Å². The molecule has 7 heteroatoms. The summed E-state index contributed by atoms with van der Waals surface area (Å²) in [4.78, 5) is 2.20. The number of hydrogen-bond donors (Lipinski definition) is 0. The zero-order valence-corrected chi connectivity index (χ0v) is 15.5. The number of rotatable bonds is 4. The van der Waals surface area contributed by atoms with Crippen molar-refractivity contribution in [1.29, 1.82) is 0 Å². The molecule has 0 unspecified atom stereocenters. The summed E-state index contributed by atoms with van der Waals surface area (Å²) in [6, 6.07) is 1.78. The number of sulfonamides is 1. The minimum Gasteiger partial charge on any atom is -0.370 e. The van der Waals surface area contributed by atoms with Gasteiger partial charge >= 0.3 is 0 Å². The molecule has 4 heterocycles. The quantitative estimate of drug-likeness (QED) is 0.825. The van der Waals surface area contributed by atoms with Gasteiger partial charge in [0.25, 0.3) is 10.0 Å². The Morgan fingerprint density at radius 1 is 1.48 bits per heavy atom. The molecular formula is C16H24N2O3S2. The monoisotopic (exact) mass is 356 g/mol. The SMILES string of the molecule is Cc1csc(S(=O)(=O)N2C[C@@H]3[C@H](CN(C)C)[C@H]4CC[C@]3(C2)O4)c1. The highest BCUT2D eigenvalue weighted by Gasteiger charge is 2.64. The molecule has 2 bridgehead atoms. The summed E-state index contributed by atoms with van der Waals surface area (Å²) in [5.41, 5.74) is 0.777. The lowest BCUT2D eigenvalue weighted by molar-refractivity contribution is 0.00740. The number of thiophene rings is 1. The van der Waals surface area contributed by atoms with Crippen molar-refractivity contribution in [2.45, 2.75) is 35.7 Å². The molecule has 5 nitrogen and oxygen atoms in total. The second-order valence-corrected chi connectivity index (χ2v) is 10.6. The Hall–Kier alpha value is -0.470. The van der Waals surface area contributed by atoms with E-state index >= 15 is 0 Å². The smallest absolute Gasteiger partial charge is 0.252 e. The topological polar surface area (TPSA) is 49.9 Å². The van der Waals surface area contributed by atoms with Crippen molar-refractivity contribution in [2.24, 2.45) is 11.8 Å². The van der Waals surface area contributed by atoms with Gasteiger partial charge in [-0.25, -0.2) is 8.42 Å². The summed E-state index contributed by atoms with van der Waals surface area (Å²) >= 11 is 1.32. The van der Waals surface area contributed by atoms with Gasteiger partial charge in [0.05, 0.1) is 11.7 Å². The van der Waals surface area contributed by atoms with Crippen LogP contribution in [-0.4, -0.2) is 63.1 Å². The van der Waals surface area contributed by atoms with Gasteiger partial charge in [0.1, 0.15) is 4.21 Å². The Kier molecular flexibility index (Phi) is 3.67. The van der Waals surface area contributed by atoms with Gasteiger partial charge in [0, 0.05) is 31.5 Å². The van der Waals surface area contributed by atoms with E-state index in [2.05, 4.69) is 19.0 Å². The molecule has 0 radical (unpaired) electrons. The molecule has 3 fully saturated rings. The average molecular weight is 357 g/mol. The van der Waals surface area contributed by atoms with E-state index in [-0.39, 0.29) is 5.60 Å². The van der Waals surface area contributed by atoms with Crippen LogP contribution in [0.15, 0.2) is 15.7 Å². The molecule has 0 saturated carbocycles. The molecule has 4 atom stereocenters. The maximum absolute atomic E-state index is 12.9. The largest absolute Gasteiger partial charge is 0.370 e. The van der Waals surface area contributed by atoms with Gasteiger partial charge in [0.2, 0.25) is 0 Å². The van der Waals surface area contributed by atoms with Crippen molar-refractivity contribution >= 4 is 21.4 Å². The second-order valence-electron chi connectivity index (χ2n) is 7.53. The van der Waals surface area contributed by atoms with Gasteiger partial charge in [0.15, 0.2) is 0 Å². The summed E-state index contributed by atoms with van der Waals surface area (Å²) in [7, 11) is 0.777. The van der Waals surface area contributed by atoms with Gasteiger partial charge in [-0.2, -0.15) is 4.31 Å². The van der Waals surface area contributed by atoms with Crippen LogP contribution in [0, 0.1) is 18.8 Å². The van der Waals surface area contributed by atoms with E-state index in [9.17, 15) is 8.42 Å². The fourth-order valence-electron chi connectivity index (χ4n) is 4.66.